The van der Waals surface area contributed by atoms with E-state index in [1.54, 1.807) is 6.20 Å². The number of aliphatic carboxylic acids is 1. The number of carboxylic acids is 1. The Morgan fingerprint density at radius 1 is 1.37 bits per heavy atom. The second-order valence-corrected chi connectivity index (χ2v) is 4.32. The van der Waals surface area contributed by atoms with Crippen molar-refractivity contribution in [2.75, 3.05) is 5.32 Å². The van der Waals surface area contributed by atoms with E-state index in [0.717, 1.165) is 11.1 Å². The summed E-state index contributed by atoms with van der Waals surface area (Å²) >= 11 is 0. The molecule has 0 saturated carbocycles. The number of nitrogens with zero attached hydrogens (tertiary/aromatic N) is 2. The van der Waals surface area contributed by atoms with Crippen LogP contribution in [-0.2, 0) is 9.59 Å². The predicted molar refractivity (Wildman–Crippen MR) is 67.6 cm³/mol. The van der Waals surface area contributed by atoms with Crippen molar-refractivity contribution in [1.82, 2.24) is 9.78 Å². The van der Waals surface area contributed by atoms with Gasteiger partial charge in [-0.15, -0.1) is 0 Å². The SMILES string of the molecule is O=C(O)C[C@H]1C(=O)Nc2c(-c3ccccc3)cnn21. The molecule has 2 aromatic rings. The Labute approximate surface area is 108 Å². The van der Waals surface area contributed by atoms with Gasteiger partial charge in [-0.2, -0.15) is 5.10 Å². The van der Waals surface area contributed by atoms with Crippen LogP contribution < -0.4 is 5.32 Å². The molecule has 6 nitrogen and oxygen atoms in total. The van der Waals surface area contributed by atoms with Crippen molar-refractivity contribution in [2.24, 2.45) is 0 Å². The van der Waals surface area contributed by atoms with E-state index >= 15 is 0 Å². The monoisotopic (exact) mass is 257 g/mol. The molecule has 0 saturated heterocycles. The average Bonchev–Trinajstić information content (AvgIpc) is 2.91. The Morgan fingerprint density at radius 3 is 2.79 bits per heavy atom. The highest BCUT2D eigenvalue weighted by Crippen LogP contribution is 2.35. The van der Waals surface area contributed by atoms with Gasteiger partial charge in [0, 0.05) is 5.56 Å². The van der Waals surface area contributed by atoms with Crippen LogP contribution in [0.3, 0.4) is 0 Å². The molecule has 1 aliphatic rings. The first-order valence-electron chi connectivity index (χ1n) is 5.82. The maximum atomic E-state index is 11.8. The lowest BCUT2D eigenvalue weighted by Gasteiger charge is -2.04. The quantitative estimate of drug-likeness (QED) is 0.873. The van der Waals surface area contributed by atoms with Crippen molar-refractivity contribution < 1.29 is 14.7 Å². The fourth-order valence-corrected chi connectivity index (χ4v) is 2.21. The molecule has 2 heterocycles. The molecule has 0 fully saturated rings. The van der Waals surface area contributed by atoms with E-state index in [2.05, 4.69) is 10.4 Å². The lowest BCUT2D eigenvalue weighted by Crippen LogP contribution is -2.19. The highest BCUT2D eigenvalue weighted by atomic mass is 16.4. The Kier molecular flexibility index (Phi) is 2.56. The van der Waals surface area contributed by atoms with Crippen molar-refractivity contribution in [3.8, 4) is 11.1 Å². The van der Waals surface area contributed by atoms with E-state index in [1.165, 1.54) is 4.68 Å². The minimum atomic E-state index is -1.02. The van der Waals surface area contributed by atoms with Crippen LogP contribution in [0, 0.1) is 0 Å². The average molecular weight is 257 g/mol. The van der Waals surface area contributed by atoms with Gasteiger partial charge in [-0.25, -0.2) is 4.68 Å². The molecule has 1 aliphatic heterocycles. The van der Waals surface area contributed by atoms with Crippen molar-refractivity contribution >= 4 is 17.7 Å². The van der Waals surface area contributed by atoms with Gasteiger partial charge in [0.1, 0.15) is 11.9 Å². The second-order valence-electron chi connectivity index (χ2n) is 4.32. The molecule has 1 amide bonds. The third-order valence-electron chi connectivity index (χ3n) is 3.09. The fraction of sp³-hybridized carbons (Fsp3) is 0.154. The van der Waals surface area contributed by atoms with Gasteiger partial charge < -0.3 is 10.4 Å². The summed E-state index contributed by atoms with van der Waals surface area (Å²) in [6, 6.07) is 8.74. The Balaban J connectivity index is 2.02. The van der Waals surface area contributed by atoms with Gasteiger partial charge in [0.25, 0.3) is 5.91 Å². The highest BCUT2D eigenvalue weighted by Gasteiger charge is 2.34. The standard InChI is InChI=1S/C13H11N3O3/c17-11(18)6-10-13(19)15-12-9(7-14-16(10)12)8-4-2-1-3-5-8/h1-5,7,10H,6H2,(H,15,19)(H,17,18)/t10-/m0/s1. The first-order valence-corrected chi connectivity index (χ1v) is 5.82. The molecule has 0 aliphatic carbocycles. The number of fused-ring (bicyclic) bond motifs is 1. The molecular weight excluding hydrogens is 246 g/mol. The summed E-state index contributed by atoms with van der Waals surface area (Å²) in [7, 11) is 0. The van der Waals surface area contributed by atoms with Crippen LogP contribution in [0.2, 0.25) is 0 Å². The predicted octanol–water partition coefficient (Wildman–Crippen LogP) is 1.52. The summed E-state index contributed by atoms with van der Waals surface area (Å²) in [5.41, 5.74) is 1.72. The van der Waals surface area contributed by atoms with Gasteiger partial charge >= 0.3 is 5.97 Å². The molecule has 96 valence electrons. The number of carbonyl (C=O) groups is 2. The van der Waals surface area contributed by atoms with Gasteiger partial charge in [0.15, 0.2) is 0 Å². The molecule has 3 rings (SSSR count). The van der Waals surface area contributed by atoms with Crippen LogP contribution in [0.15, 0.2) is 36.5 Å². The summed E-state index contributed by atoms with van der Waals surface area (Å²) in [5.74, 6) is -0.796. The normalized spacial score (nSPS) is 17.1. The molecule has 1 aromatic carbocycles. The van der Waals surface area contributed by atoms with Crippen LogP contribution in [0.4, 0.5) is 5.82 Å². The zero-order valence-electron chi connectivity index (χ0n) is 9.91. The molecule has 6 heteroatoms. The molecular formula is C13H11N3O3. The molecule has 2 N–H and O–H groups in total. The minimum absolute atomic E-state index is 0.269. The van der Waals surface area contributed by atoms with Gasteiger partial charge in [-0.3, -0.25) is 9.59 Å². The first-order chi connectivity index (χ1) is 9.16. The highest BCUT2D eigenvalue weighted by molar-refractivity contribution is 6.02. The summed E-state index contributed by atoms with van der Waals surface area (Å²) in [5, 5.41) is 15.6. The number of benzene rings is 1. The lowest BCUT2D eigenvalue weighted by atomic mass is 10.1. The number of anilines is 1. The van der Waals surface area contributed by atoms with Crippen LogP contribution in [0.1, 0.15) is 12.5 Å². The first kappa shape index (κ1) is 11.5. The van der Waals surface area contributed by atoms with Gasteiger partial charge in [-0.1, -0.05) is 30.3 Å². The van der Waals surface area contributed by atoms with Crippen LogP contribution in [0.25, 0.3) is 11.1 Å². The van der Waals surface area contributed by atoms with E-state index in [4.69, 9.17) is 5.11 Å². The summed E-state index contributed by atoms with van der Waals surface area (Å²) in [6.07, 6.45) is 1.37. The zero-order valence-corrected chi connectivity index (χ0v) is 9.91. The smallest absolute Gasteiger partial charge is 0.306 e. The molecule has 0 bridgehead atoms. The van der Waals surface area contributed by atoms with Crippen molar-refractivity contribution in [1.29, 1.82) is 0 Å². The number of aromatic nitrogens is 2. The van der Waals surface area contributed by atoms with Crippen LogP contribution >= 0.6 is 0 Å². The summed E-state index contributed by atoms with van der Waals surface area (Å²) in [6.45, 7) is 0. The van der Waals surface area contributed by atoms with E-state index in [0.29, 0.717) is 5.82 Å². The molecule has 19 heavy (non-hydrogen) atoms. The third-order valence-corrected chi connectivity index (χ3v) is 3.09. The Hall–Kier alpha value is -2.63. The number of hydrogen-bond donors (Lipinski definition) is 2. The van der Waals surface area contributed by atoms with Crippen molar-refractivity contribution in [3.05, 3.63) is 36.5 Å². The minimum Gasteiger partial charge on any atom is -0.481 e. The molecule has 0 spiro atoms. The largest absolute Gasteiger partial charge is 0.481 e. The van der Waals surface area contributed by atoms with Gasteiger partial charge in [0.2, 0.25) is 0 Å². The van der Waals surface area contributed by atoms with E-state index in [1.807, 2.05) is 30.3 Å². The number of hydrogen-bond acceptors (Lipinski definition) is 3. The molecule has 1 atom stereocenters. The topological polar surface area (TPSA) is 84.2 Å². The molecule has 1 aromatic heterocycles. The zero-order chi connectivity index (χ0) is 13.4. The van der Waals surface area contributed by atoms with Crippen LogP contribution in [-0.4, -0.2) is 26.8 Å². The molecule has 0 radical (unpaired) electrons. The third kappa shape index (κ3) is 1.87. The summed E-state index contributed by atoms with van der Waals surface area (Å²) in [4.78, 5) is 22.5. The summed E-state index contributed by atoms with van der Waals surface area (Å²) < 4.78 is 1.44. The van der Waals surface area contributed by atoms with E-state index in [9.17, 15) is 9.59 Å². The number of amides is 1. The van der Waals surface area contributed by atoms with Gasteiger partial charge in [0.05, 0.1) is 12.6 Å². The lowest BCUT2D eigenvalue weighted by molar-refractivity contribution is -0.139. The molecule has 0 unspecified atom stereocenters. The second kappa shape index (κ2) is 4.24. The number of carbonyl (C=O) groups excluding carboxylic acids is 1. The Bertz CT molecular complexity index is 648. The maximum Gasteiger partial charge on any atom is 0.306 e. The van der Waals surface area contributed by atoms with Crippen LogP contribution in [0.5, 0.6) is 0 Å². The number of nitrogens with one attached hydrogen (secondary N) is 1. The van der Waals surface area contributed by atoms with E-state index in [-0.39, 0.29) is 12.3 Å². The van der Waals surface area contributed by atoms with Gasteiger partial charge in [-0.05, 0) is 5.56 Å². The van der Waals surface area contributed by atoms with Crippen molar-refractivity contribution in [3.63, 3.8) is 0 Å². The van der Waals surface area contributed by atoms with E-state index < -0.39 is 12.0 Å². The fourth-order valence-electron chi connectivity index (χ4n) is 2.21. The Morgan fingerprint density at radius 2 is 2.11 bits per heavy atom. The number of rotatable bonds is 3. The van der Waals surface area contributed by atoms with Crippen molar-refractivity contribution in [2.45, 2.75) is 12.5 Å². The maximum absolute atomic E-state index is 11.8. The number of carboxylic acid groups (broad SMARTS) is 1.